The normalized spacial score (nSPS) is 22.6. The van der Waals surface area contributed by atoms with Gasteiger partial charge in [0.05, 0.1) is 12.3 Å². The first-order valence-electron chi connectivity index (χ1n) is 9.53. The Bertz CT molecular complexity index is 617. The van der Waals surface area contributed by atoms with Gasteiger partial charge in [0.1, 0.15) is 17.6 Å². The maximum Gasteiger partial charge on any atom is 0.224 e. The molecule has 1 amide bonds. The standard InChI is InChI=1S/C20H30N2O3.ClH/c1-4-24-19-10-16-9-14(3)25-18(16)11-17(19)22-20(23)8-13(2)15-6-5-7-21-12-15;/h10-11,13-15,21H,4-9,12H2,1-3H3,(H,22,23);1H. The zero-order chi connectivity index (χ0) is 17.8. The van der Waals surface area contributed by atoms with Crippen molar-refractivity contribution >= 4 is 24.0 Å². The fourth-order valence-corrected chi connectivity index (χ4v) is 3.84. The van der Waals surface area contributed by atoms with E-state index in [1.807, 2.05) is 19.1 Å². The Hall–Kier alpha value is -1.46. The van der Waals surface area contributed by atoms with Crippen molar-refractivity contribution in [2.45, 2.75) is 52.6 Å². The Morgan fingerprint density at radius 3 is 2.96 bits per heavy atom. The van der Waals surface area contributed by atoms with E-state index < -0.39 is 0 Å². The molecule has 2 aliphatic rings. The molecule has 1 fully saturated rings. The van der Waals surface area contributed by atoms with E-state index in [2.05, 4.69) is 24.5 Å². The van der Waals surface area contributed by atoms with Gasteiger partial charge in [0, 0.05) is 24.5 Å². The molecule has 146 valence electrons. The molecule has 2 heterocycles. The lowest BCUT2D eigenvalue weighted by atomic mass is 9.85. The molecule has 0 radical (unpaired) electrons. The first kappa shape index (κ1) is 20.8. The summed E-state index contributed by atoms with van der Waals surface area (Å²) in [5.41, 5.74) is 1.87. The zero-order valence-electron chi connectivity index (χ0n) is 16.0. The third-order valence-corrected chi connectivity index (χ3v) is 5.22. The topological polar surface area (TPSA) is 59.6 Å². The molecule has 2 N–H and O–H groups in total. The summed E-state index contributed by atoms with van der Waals surface area (Å²) in [5.74, 6) is 2.59. The van der Waals surface area contributed by atoms with E-state index in [0.29, 0.717) is 30.6 Å². The van der Waals surface area contributed by atoms with Crippen LogP contribution in [0.4, 0.5) is 5.69 Å². The molecular weight excluding hydrogens is 352 g/mol. The molecule has 0 bridgehead atoms. The predicted octanol–water partition coefficient (Wildman–Crippen LogP) is 3.79. The van der Waals surface area contributed by atoms with E-state index in [4.69, 9.17) is 9.47 Å². The highest BCUT2D eigenvalue weighted by Gasteiger charge is 2.25. The van der Waals surface area contributed by atoms with Crippen LogP contribution in [0, 0.1) is 11.8 Å². The van der Waals surface area contributed by atoms with Gasteiger partial charge in [0.25, 0.3) is 0 Å². The lowest BCUT2D eigenvalue weighted by molar-refractivity contribution is -0.117. The molecule has 0 aromatic heterocycles. The maximum absolute atomic E-state index is 12.6. The van der Waals surface area contributed by atoms with E-state index in [-0.39, 0.29) is 24.4 Å². The number of nitrogens with one attached hydrogen (secondary N) is 2. The summed E-state index contributed by atoms with van der Waals surface area (Å²) >= 11 is 0. The largest absolute Gasteiger partial charge is 0.492 e. The van der Waals surface area contributed by atoms with Gasteiger partial charge in [-0.15, -0.1) is 12.4 Å². The lowest BCUT2D eigenvalue weighted by Crippen LogP contribution is -2.34. The third kappa shape index (κ3) is 5.04. The monoisotopic (exact) mass is 382 g/mol. The van der Waals surface area contributed by atoms with Gasteiger partial charge in [-0.1, -0.05) is 6.92 Å². The van der Waals surface area contributed by atoms with Crippen LogP contribution < -0.4 is 20.1 Å². The number of carbonyl (C=O) groups excluding carboxylic acids is 1. The van der Waals surface area contributed by atoms with Gasteiger partial charge in [-0.05, 0) is 57.7 Å². The number of rotatable bonds is 6. The van der Waals surface area contributed by atoms with Crippen molar-refractivity contribution in [3.63, 3.8) is 0 Å². The second-order valence-electron chi connectivity index (χ2n) is 7.36. The summed E-state index contributed by atoms with van der Waals surface area (Å²) < 4.78 is 11.6. The fourth-order valence-electron chi connectivity index (χ4n) is 3.84. The van der Waals surface area contributed by atoms with Gasteiger partial charge in [-0.3, -0.25) is 4.79 Å². The highest BCUT2D eigenvalue weighted by atomic mass is 35.5. The van der Waals surface area contributed by atoms with Crippen molar-refractivity contribution in [1.82, 2.24) is 5.32 Å². The van der Waals surface area contributed by atoms with Gasteiger partial charge in [-0.25, -0.2) is 0 Å². The quantitative estimate of drug-likeness (QED) is 0.785. The number of piperidine rings is 1. The third-order valence-electron chi connectivity index (χ3n) is 5.22. The second kappa shape index (κ2) is 9.47. The molecule has 0 aliphatic carbocycles. The van der Waals surface area contributed by atoms with E-state index in [0.717, 1.165) is 36.6 Å². The fraction of sp³-hybridized carbons (Fsp3) is 0.650. The molecule has 1 saturated heterocycles. The van der Waals surface area contributed by atoms with Crippen LogP contribution in [0.15, 0.2) is 12.1 Å². The number of fused-ring (bicyclic) bond motifs is 1. The van der Waals surface area contributed by atoms with Crippen LogP contribution in [0.25, 0.3) is 0 Å². The minimum Gasteiger partial charge on any atom is -0.492 e. The van der Waals surface area contributed by atoms with Crippen molar-refractivity contribution < 1.29 is 14.3 Å². The summed E-state index contributed by atoms with van der Waals surface area (Å²) in [4.78, 5) is 12.6. The van der Waals surface area contributed by atoms with Crippen molar-refractivity contribution in [3.8, 4) is 11.5 Å². The van der Waals surface area contributed by atoms with Gasteiger partial charge in [0.2, 0.25) is 5.91 Å². The Balaban J connectivity index is 0.00000243. The maximum atomic E-state index is 12.6. The summed E-state index contributed by atoms with van der Waals surface area (Å²) in [5, 5.41) is 6.47. The first-order valence-corrected chi connectivity index (χ1v) is 9.53. The molecule has 3 unspecified atom stereocenters. The average Bonchev–Trinajstić information content (AvgIpc) is 2.95. The molecule has 0 saturated carbocycles. The van der Waals surface area contributed by atoms with Crippen LogP contribution in [0.2, 0.25) is 0 Å². The van der Waals surface area contributed by atoms with Crippen LogP contribution in [0.1, 0.15) is 45.6 Å². The van der Waals surface area contributed by atoms with Crippen molar-refractivity contribution in [2.75, 3.05) is 25.0 Å². The number of hydrogen-bond donors (Lipinski definition) is 2. The van der Waals surface area contributed by atoms with Crippen molar-refractivity contribution in [2.24, 2.45) is 11.8 Å². The first-order chi connectivity index (χ1) is 12.1. The zero-order valence-corrected chi connectivity index (χ0v) is 16.8. The molecule has 5 nitrogen and oxygen atoms in total. The highest BCUT2D eigenvalue weighted by molar-refractivity contribution is 5.93. The van der Waals surface area contributed by atoms with Crippen molar-refractivity contribution in [3.05, 3.63) is 17.7 Å². The van der Waals surface area contributed by atoms with Crippen LogP contribution in [-0.2, 0) is 11.2 Å². The minimum atomic E-state index is 0. The molecule has 6 heteroatoms. The van der Waals surface area contributed by atoms with E-state index in [1.54, 1.807) is 0 Å². The van der Waals surface area contributed by atoms with Gasteiger partial charge in [0.15, 0.2) is 0 Å². The molecule has 3 atom stereocenters. The molecular formula is C20H31ClN2O3. The van der Waals surface area contributed by atoms with E-state index >= 15 is 0 Å². The number of benzene rings is 1. The summed E-state index contributed by atoms with van der Waals surface area (Å²) in [6.07, 6.45) is 4.00. The number of hydrogen-bond acceptors (Lipinski definition) is 4. The van der Waals surface area contributed by atoms with Crippen molar-refractivity contribution in [1.29, 1.82) is 0 Å². The summed E-state index contributed by atoms with van der Waals surface area (Å²) in [6.45, 7) is 8.87. The Morgan fingerprint density at radius 2 is 2.27 bits per heavy atom. The predicted molar refractivity (Wildman–Crippen MR) is 107 cm³/mol. The van der Waals surface area contributed by atoms with Crippen LogP contribution in [0.5, 0.6) is 11.5 Å². The van der Waals surface area contributed by atoms with Gasteiger partial charge < -0.3 is 20.1 Å². The average molecular weight is 383 g/mol. The lowest BCUT2D eigenvalue weighted by Gasteiger charge is -2.28. The number of halogens is 1. The molecule has 0 spiro atoms. The summed E-state index contributed by atoms with van der Waals surface area (Å²) in [6, 6.07) is 3.92. The number of amides is 1. The molecule has 26 heavy (non-hydrogen) atoms. The van der Waals surface area contributed by atoms with Gasteiger partial charge in [-0.2, -0.15) is 0 Å². The highest BCUT2D eigenvalue weighted by Crippen LogP contribution is 2.38. The van der Waals surface area contributed by atoms with Crippen LogP contribution in [0.3, 0.4) is 0 Å². The minimum absolute atomic E-state index is 0. The summed E-state index contributed by atoms with van der Waals surface area (Å²) in [7, 11) is 0. The molecule has 3 rings (SSSR count). The Morgan fingerprint density at radius 1 is 1.46 bits per heavy atom. The van der Waals surface area contributed by atoms with E-state index in [9.17, 15) is 4.79 Å². The Kier molecular flexibility index (Phi) is 7.59. The second-order valence-corrected chi connectivity index (χ2v) is 7.36. The smallest absolute Gasteiger partial charge is 0.224 e. The van der Waals surface area contributed by atoms with Crippen LogP contribution >= 0.6 is 12.4 Å². The SMILES string of the molecule is CCOc1cc2c(cc1NC(=O)CC(C)C1CCCNC1)OC(C)C2.Cl. The number of anilines is 1. The molecule has 1 aromatic carbocycles. The van der Waals surface area contributed by atoms with Crippen LogP contribution in [-0.4, -0.2) is 31.7 Å². The number of ether oxygens (including phenoxy) is 2. The Labute approximate surface area is 162 Å². The molecule has 2 aliphatic heterocycles. The number of carbonyl (C=O) groups is 1. The molecule has 1 aromatic rings. The van der Waals surface area contributed by atoms with Gasteiger partial charge >= 0.3 is 0 Å². The van der Waals surface area contributed by atoms with E-state index in [1.165, 1.54) is 12.8 Å².